The molecule has 0 unspecified atom stereocenters. The maximum Gasteiger partial charge on any atom is 0.318 e. The quantitative estimate of drug-likeness (QED) is 0.807. The van der Waals surface area contributed by atoms with Gasteiger partial charge in [0.15, 0.2) is 0 Å². The predicted molar refractivity (Wildman–Crippen MR) is 62.8 cm³/mol. The maximum absolute atomic E-state index is 5.54. The Morgan fingerprint density at radius 1 is 1.38 bits per heavy atom. The van der Waals surface area contributed by atoms with Crippen molar-refractivity contribution < 1.29 is 4.74 Å². The number of nitrogens with two attached hydrogens (primary N) is 1. The largest absolute Gasteiger partial charge is 0.467 e. The van der Waals surface area contributed by atoms with E-state index in [-0.39, 0.29) is 0 Å². The summed E-state index contributed by atoms with van der Waals surface area (Å²) in [5, 5.41) is 0. The van der Waals surface area contributed by atoms with Crippen molar-refractivity contribution in [1.29, 1.82) is 0 Å². The van der Waals surface area contributed by atoms with Crippen LogP contribution in [0.25, 0.3) is 0 Å². The first-order valence-electron chi connectivity index (χ1n) is 5.70. The van der Waals surface area contributed by atoms with Crippen molar-refractivity contribution in [3.8, 4) is 6.01 Å². The Morgan fingerprint density at radius 2 is 2.12 bits per heavy atom. The Bertz CT molecular complexity index is 350. The Morgan fingerprint density at radius 3 is 2.75 bits per heavy atom. The van der Waals surface area contributed by atoms with Crippen molar-refractivity contribution in [3.63, 3.8) is 0 Å². The molecule has 0 radical (unpaired) electrons. The average Bonchev–Trinajstić information content (AvgIpc) is 2.82. The van der Waals surface area contributed by atoms with E-state index in [1.165, 1.54) is 12.8 Å². The number of ether oxygens (including phenoxy) is 1. The number of anilines is 1. The van der Waals surface area contributed by atoms with Gasteiger partial charge in [0.2, 0.25) is 0 Å². The lowest BCUT2D eigenvalue weighted by Crippen LogP contribution is -2.20. The van der Waals surface area contributed by atoms with Gasteiger partial charge in [0.1, 0.15) is 5.82 Å². The summed E-state index contributed by atoms with van der Waals surface area (Å²) < 4.78 is 5.11. The van der Waals surface area contributed by atoms with Gasteiger partial charge in [-0.1, -0.05) is 0 Å². The molecule has 2 N–H and O–H groups in total. The summed E-state index contributed by atoms with van der Waals surface area (Å²) in [6, 6.07) is 2.45. The molecule has 1 aromatic rings. The molecule has 2 rings (SSSR count). The van der Waals surface area contributed by atoms with Gasteiger partial charge in [-0.15, -0.1) is 0 Å². The normalized spacial score (nSPS) is 15.5. The molecule has 0 atom stereocenters. The van der Waals surface area contributed by atoms with E-state index in [2.05, 4.69) is 14.9 Å². The monoisotopic (exact) mass is 222 g/mol. The van der Waals surface area contributed by atoms with Crippen LogP contribution in [0.1, 0.15) is 18.5 Å². The molecular weight excluding hydrogens is 204 g/mol. The second-order valence-corrected chi connectivity index (χ2v) is 3.94. The third-order valence-corrected chi connectivity index (χ3v) is 2.76. The van der Waals surface area contributed by atoms with Gasteiger partial charge in [-0.3, -0.25) is 0 Å². The molecule has 1 fully saturated rings. The lowest BCUT2D eigenvalue weighted by atomic mass is 10.3. The lowest BCUT2D eigenvalue weighted by Gasteiger charge is -2.17. The molecule has 88 valence electrons. The fraction of sp³-hybridized carbons (Fsp3) is 0.636. The first-order valence-corrected chi connectivity index (χ1v) is 5.70. The molecule has 1 aromatic heterocycles. The average molecular weight is 222 g/mol. The summed E-state index contributed by atoms with van der Waals surface area (Å²) in [4.78, 5) is 10.9. The van der Waals surface area contributed by atoms with Gasteiger partial charge >= 0.3 is 6.01 Å². The first-order chi connectivity index (χ1) is 7.83. The van der Waals surface area contributed by atoms with Crippen LogP contribution in [0.5, 0.6) is 6.01 Å². The van der Waals surface area contributed by atoms with Crippen molar-refractivity contribution in [2.75, 3.05) is 31.6 Å². The van der Waals surface area contributed by atoms with Crippen LogP contribution >= 0.6 is 0 Å². The Hall–Kier alpha value is -1.36. The Labute approximate surface area is 95.6 Å². The molecule has 0 spiro atoms. The minimum absolute atomic E-state index is 0.438. The fourth-order valence-electron chi connectivity index (χ4n) is 1.93. The van der Waals surface area contributed by atoms with Crippen LogP contribution in [0.2, 0.25) is 0 Å². The standard InChI is InChI=1S/C11H18N4O/c1-16-11-13-9(4-5-12)8-10(14-11)15-6-2-3-7-15/h8H,2-7,12H2,1H3. The molecule has 2 heterocycles. The minimum atomic E-state index is 0.438. The number of rotatable bonds is 4. The Balaban J connectivity index is 2.24. The fourth-order valence-corrected chi connectivity index (χ4v) is 1.93. The molecule has 0 aromatic carbocycles. The summed E-state index contributed by atoms with van der Waals surface area (Å²) in [6.45, 7) is 2.74. The van der Waals surface area contributed by atoms with Gasteiger partial charge in [0.05, 0.1) is 12.8 Å². The molecule has 5 nitrogen and oxygen atoms in total. The summed E-state index contributed by atoms with van der Waals surface area (Å²) in [7, 11) is 1.59. The Kier molecular flexibility index (Phi) is 3.56. The predicted octanol–water partition coefficient (Wildman–Crippen LogP) is 0.587. The third-order valence-electron chi connectivity index (χ3n) is 2.76. The van der Waals surface area contributed by atoms with Gasteiger partial charge in [-0.05, 0) is 19.4 Å². The van der Waals surface area contributed by atoms with Crippen LogP contribution in [0.3, 0.4) is 0 Å². The number of nitrogens with zero attached hydrogens (tertiary/aromatic N) is 3. The molecule has 16 heavy (non-hydrogen) atoms. The van der Waals surface area contributed by atoms with Gasteiger partial charge in [-0.2, -0.15) is 4.98 Å². The molecule has 0 amide bonds. The van der Waals surface area contributed by atoms with Crippen LogP contribution in [0, 0.1) is 0 Å². The van der Waals surface area contributed by atoms with E-state index >= 15 is 0 Å². The van der Waals surface area contributed by atoms with Crippen LogP contribution in [-0.4, -0.2) is 36.7 Å². The van der Waals surface area contributed by atoms with Crippen LogP contribution in [-0.2, 0) is 6.42 Å². The summed E-state index contributed by atoms with van der Waals surface area (Å²) >= 11 is 0. The van der Waals surface area contributed by atoms with Crippen LogP contribution in [0.4, 0.5) is 5.82 Å². The second kappa shape index (κ2) is 5.12. The van der Waals surface area contributed by atoms with E-state index in [1.54, 1.807) is 7.11 Å². The molecular formula is C11H18N4O. The van der Waals surface area contributed by atoms with Gasteiger partial charge < -0.3 is 15.4 Å². The number of aromatic nitrogens is 2. The van der Waals surface area contributed by atoms with E-state index in [0.29, 0.717) is 12.6 Å². The van der Waals surface area contributed by atoms with E-state index in [9.17, 15) is 0 Å². The zero-order valence-corrected chi connectivity index (χ0v) is 9.65. The molecule has 1 aliphatic heterocycles. The van der Waals surface area contributed by atoms with E-state index in [0.717, 1.165) is 31.0 Å². The summed E-state index contributed by atoms with van der Waals surface area (Å²) in [5.41, 5.74) is 6.50. The highest BCUT2D eigenvalue weighted by molar-refractivity contribution is 5.41. The molecule has 0 bridgehead atoms. The van der Waals surface area contributed by atoms with E-state index < -0.39 is 0 Å². The SMILES string of the molecule is COc1nc(CCN)cc(N2CCCC2)n1. The second-order valence-electron chi connectivity index (χ2n) is 3.94. The van der Waals surface area contributed by atoms with Crippen molar-refractivity contribution in [3.05, 3.63) is 11.8 Å². The first kappa shape index (κ1) is 11.1. The highest BCUT2D eigenvalue weighted by Crippen LogP contribution is 2.20. The molecule has 0 aliphatic carbocycles. The van der Waals surface area contributed by atoms with Crippen molar-refractivity contribution in [2.45, 2.75) is 19.3 Å². The van der Waals surface area contributed by atoms with Crippen molar-refractivity contribution >= 4 is 5.82 Å². The molecule has 5 heteroatoms. The molecule has 0 saturated carbocycles. The van der Waals surface area contributed by atoms with Gasteiger partial charge in [0, 0.05) is 25.6 Å². The van der Waals surface area contributed by atoms with Crippen LogP contribution < -0.4 is 15.4 Å². The smallest absolute Gasteiger partial charge is 0.318 e. The third kappa shape index (κ3) is 2.41. The van der Waals surface area contributed by atoms with Crippen molar-refractivity contribution in [2.24, 2.45) is 5.73 Å². The molecule has 1 saturated heterocycles. The topological polar surface area (TPSA) is 64.3 Å². The minimum Gasteiger partial charge on any atom is -0.467 e. The highest BCUT2D eigenvalue weighted by atomic mass is 16.5. The lowest BCUT2D eigenvalue weighted by molar-refractivity contribution is 0.378. The number of hydrogen-bond acceptors (Lipinski definition) is 5. The number of hydrogen-bond donors (Lipinski definition) is 1. The van der Waals surface area contributed by atoms with Gasteiger partial charge in [-0.25, -0.2) is 4.98 Å². The number of methoxy groups -OCH3 is 1. The van der Waals surface area contributed by atoms with Crippen molar-refractivity contribution in [1.82, 2.24) is 9.97 Å². The van der Waals surface area contributed by atoms with E-state index in [4.69, 9.17) is 10.5 Å². The zero-order valence-electron chi connectivity index (χ0n) is 9.65. The van der Waals surface area contributed by atoms with Gasteiger partial charge in [0.25, 0.3) is 0 Å². The summed E-state index contributed by atoms with van der Waals surface area (Å²) in [6.07, 6.45) is 3.23. The highest BCUT2D eigenvalue weighted by Gasteiger charge is 2.15. The molecule has 1 aliphatic rings. The zero-order chi connectivity index (χ0) is 11.4. The van der Waals surface area contributed by atoms with E-state index in [1.807, 2.05) is 6.07 Å². The maximum atomic E-state index is 5.54. The summed E-state index contributed by atoms with van der Waals surface area (Å²) in [5.74, 6) is 0.966. The van der Waals surface area contributed by atoms with Crippen LogP contribution in [0.15, 0.2) is 6.07 Å².